The van der Waals surface area contributed by atoms with Crippen LogP contribution in [0.2, 0.25) is 0 Å². The molecule has 0 radical (unpaired) electrons. The highest BCUT2D eigenvalue weighted by atomic mass is 32.2. The van der Waals surface area contributed by atoms with Gasteiger partial charge in [0.25, 0.3) is 0 Å². The monoisotopic (exact) mass is 433 g/mol. The molecule has 0 bridgehead atoms. The summed E-state index contributed by atoms with van der Waals surface area (Å²) in [5.41, 5.74) is 2.53. The number of carbonyl (C=O) groups excluding carboxylic acids is 1. The van der Waals surface area contributed by atoms with Crippen LogP contribution >= 0.6 is 11.8 Å². The molecule has 1 amide bonds. The minimum Gasteiger partial charge on any atom is -0.489 e. The van der Waals surface area contributed by atoms with Crippen LogP contribution in [0.4, 0.5) is 5.69 Å². The Bertz CT molecular complexity index is 1160. The van der Waals surface area contributed by atoms with Crippen molar-refractivity contribution in [3.8, 4) is 5.75 Å². The molecule has 7 nitrogen and oxygen atoms in total. The van der Waals surface area contributed by atoms with Gasteiger partial charge in [-0.15, -0.1) is 10.2 Å². The maximum atomic E-state index is 12.3. The summed E-state index contributed by atoms with van der Waals surface area (Å²) in [6.07, 6.45) is 0. The van der Waals surface area contributed by atoms with Gasteiger partial charge in [0.1, 0.15) is 17.4 Å². The average molecular weight is 434 g/mol. The number of nitrogens with zero attached hydrogens (tertiary/aromatic N) is 4. The third kappa shape index (κ3) is 5.40. The minimum absolute atomic E-state index is 0.0994. The van der Waals surface area contributed by atoms with Crippen molar-refractivity contribution in [1.29, 1.82) is 0 Å². The van der Waals surface area contributed by atoms with Crippen LogP contribution in [0.3, 0.4) is 0 Å². The maximum absolute atomic E-state index is 12.3. The van der Waals surface area contributed by atoms with Gasteiger partial charge in [0, 0.05) is 11.6 Å². The normalized spacial score (nSPS) is 11.1. The summed E-state index contributed by atoms with van der Waals surface area (Å²) in [6.45, 7) is 4.60. The standard InChI is InChI=1S/C23H23N5O2S/c1-16(2)23-26-25-20-12-13-22(27-28(20)23)31-15-21(29)24-18-8-10-19(11-9-18)30-14-17-6-4-3-5-7-17/h3-13,16H,14-15H2,1-2H3,(H,24,29). The summed E-state index contributed by atoms with van der Waals surface area (Å²) >= 11 is 1.37. The fourth-order valence-electron chi connectivity index (χ4n) is 2.94. The van der Waals surface area contributed by atoms with Crippen molar-refractivity contribution in [3.05, 3.63) is 78.1 Å². The molecule has 4 aromatic rings. The first kappa shape index (κ1) is 20.9. The summed E-state index contributed by atoms with van der Waals surface area (Å²) in [5, 5.41) is 16.5. The topological polar surface area (TPSA) is 81.4 Å². The second-order valence-electron chi connectivity index (χ2n) is 7.29. The van der Waals surface area contributed by atoms with Gasteiger partial charge in [-0.3, -0.25) is 4.79 Å². The van der Waals surface area contributed by atoms with Crippen molar-refractivity contribution in [1.82, 2.24) is 19.8 Å². The van der Waals surface area contributed by atoms with E-state index in [0.717, 1.165) is 27.9 Å². The number of carbonyl (C=O) groups is 1. The number of hydrogen-bond donors (Lipinski definition) is 1. The lowest BCUT2D eigenvalue weighted by atomic mass is 10.2. The molecule has 4 rings (SSSR count). The molecule has 0 aliphatic heterocycles. The molecule has 8 heteroatoms. The molecule has 1 N–H and O–H groups in total. The minimum atomic E-state index is -0.0994. The Balaban J connectivity index is 1.29. The fraction of sp³-hybridized carbons (Fsp3) is 0.217. The highest BCUT2D eigenvalue weighted by Crippen LogP contribution is 2.20. The molecule has 0 atom stereocenters. The van der Waals surface area contributed by atoms with E-state index in [1.165, 1.54) is 11.8 Å². The van der Waals surface area contributed by atoms with Crippen molar-refractivity contribution < 1.29 is 9.53 Å². The van der Waals surface area contributed by atoms with Crippen molar-refractivity contribution >= 4 is 29.0 Å². The second kappa shape index (κ2) is 9.61. The predicted molar refractivity (Wildman–Crippen MR) is 121 cm³/mol. The third-order valence-electron chi connectivity index (χ3n) is 4.52. The van der Waals surface area contributed by atoms with Crippen molar-refractivity contribution in [3.63, 3.8) is 0 Å². The van der Waals surface area contributed by atoms with Gasteiger partial charge in [-0.05, 0) is 42.0 Å². The number of amides is 1. The molecule has 2 heterocycles. The van der Waals surface area contributed by atoms with E-state index < -0.39 is 0 Å². The Kier molecular flexibility index (Phi) is 6.47. The van der Waals surface area contributed by atoms with Crippen LogP contribution in [0.15, 0.2) is 71.8 Å². The summed E-state index contributed by atoms with van der Waals surface area (Å²) in [7, 11) is 0. The number of ether oxygens (including phenoxy) is 1. The van der Waals surface area contributed by atoms with Crippen LogP contribution < -0.4 is 10.1 Å². The predicted octanol–water partition coefficient (Wildman–Crippen LogP) is 4.56. The van der Waals surface area contributed by atoms with Gasteiger partial charge < -0.3 is 10.1 Å². The van der Waals surface area contributed by atoms with Crippen molar-refractivity contribution in [2.75, 3.05) is 11.1 Å². The molecular formula is C23H23N5O2S. The number of rotatable bonds is 8. The van der Waals surface area contributed by atoms with Crippen LogP contribution in [0, 0.1) is 0 Å². The Morgan fingerprint density at radius 2 is 1.81 bits per heavy atom. The van der Waals surface area contributed by atoms with Gasteiger partial charge in [-0.1, -0.05) is 55.9 Å². The molecule has 0 saturated heterocycles. The zero-order valence-electron chi connectivity index (χ0n) is 17.4. The second-order valence-corrected chi connectivity index (χ2v) is 8.29. The molecule has 0 aliphatic rings. The van der Waals surface area contributed by atoms with E-state index in [4.69, 9.17) is 4.74 Å². The number of nitrogens with one attached hydrogen (secondary N) is 1. The van der Waals surface area contributed by atoms with E-state index in [2.05, 4.69) is 20.6 Å². The molecule has 2 aromatic heterocycles. The Hall–Kier alpha value is -3.39. The molecule has 31 heavy (non-hydrogen) atoms. The first-order valence-corrected chi connectivity index (χ1v) is 11.0. The van der Waals surface area contributed by atoms with E-state index in [1.807, 2.05) is 80.6 Å². The summed E-state index contributed by atoms with van der Waals surface area (Å²) in [5.74, 6) is 1.92. The quantitative estimate of drug-likeness (QED) is 0.410. The number of aromatic nitrogens is 4. The zero-order valence-corrected chi connectivity index (χ0v) is 18.2. The molecule has 0 fully saturated rings. The summed E-state index contributed by atoms with van der Waals surface area (Å²) in [4.78, 5) is 12.3. The lowest BCUT2D eigenvalue weighted by Gasteiger charge is -2.09. The number of fused-ring (bicyclic) bond motifs is 1. The van der Waals surface area contributed by atoms with Crippen LogP contribution in [-0.2, 0) is 11.4 Å². The van der Waals surface area contributed by atoms with Crippen LogP contribution in [0.1, 0.15) is 31.2 Å². The fourth-order valence-corrected chi connectivity index (χ4v) is 3.59. The van der Waals surface area contributed by atoms with Crippen molar-refractivity contribution in [2.45, 2.75) is 31.4 Å². The zero-order chi connectivity index (χ0) is 21.6. The van der Waals surface area contributed by atoms with Crippen LogP contribution in [-0.4, -0.2) is 31.5 Å². The largest absolute Gasteiger partial charge is 0.489 e. The van der Waals surface area contributed by atoms with Gasteiger partial charge in [-0.2, -0.15) is 9.61 Å². The Labute approximate surface area is 184 Å². The van der Waals surface area contributed by atoms with Crippen LogP contribution in [0.25, 0.3) is 5.65 Å². The van der Waals surface area contributed by atoms with Gasteiger partial charge in [0.05, 0.1) is 5.75 Å². The van der Waals surface area contributed by atoms with E-state index in [9.17, 15) is 4.79 Å². The molecule has 0 spiro atoms. The van der Waals surface area contributed by atoms with E-state index in [0.29, 0.717) is 12.3 Å². The van der Waals surface area contributed by atoms with Crippen LogP contribution in [0.5, 0.6) is 5.75 Å². The number of hydrogen-bond acceptors (Lipinski definition) is 6. The van der Waals surface area contributed by atoms with Gasteiger partial charge in [0.2, 0.25) is 5.91 Å². The Morgan fingerprint density at radius 1 is 1.03 bits per heavy atom. The van der Waals surface area contributed by atoms with Gasteiger partial charge >= 0.3 is 0 Å². The third-order valence-corrected chi connectivity index (χ3v) is 5.44. The SMILES string of the molecule is CC(C)c1nnc2ccc(SCC(=O)Nc3ccc(OCc4ccccc4)cc3)nn12. The molecule has 0 aliphatic carbocycles. The number of anilines is 1. The van der Waals surface area contributed by atoms with E-state index in [1.54, 1.807) is 4.52 Å². The lowest BCUT2D eigenvalue weighted by Crippen LogP contribution is -2.14. The van der Waals surface area contributed by atoms with Gasteiger partial charge in [-0.25, -0.2) is 0 Å². The molecular weight excluding hydrogens is 410 g/mol. The molecule has 0 saturated carbocycles. The molecule has 2 aromatic carbocycles. The summed E-state index contributed by atoms with van der Waals surface area (Å²) in [6, 6.07) is 21.1. The lowest BCUT2D eigenvalue weighted by molar-refractivity contribution is -0.113. The smallest absolute Gasteiger partial charge is 0.234 e. The first-order valence-electron chi connectivity index (χ1n) is 10.0. The molecule has 158 valence electrons. The van der Waals surface area contributed by atoms with Crippen molar-refractivity contribution in [2.24, 2.45) is 0 Å². The highest BCUT2D eigenvalue weighted by Gasteiger charge is 2.12. The average Bonchev–Trinajstić information content (AvgIpc) is 3.21. The number of thioether (sulfide) groups is 1. The highest BCUT2D eigenvalue weighted by molar-refractivity contribution is 7.99. The van der Waals surface area contributed by atoms with E-state index in [-0.39, 0.29) is 17.6 Å². The first-order chi connectivity index (χ1) is 15.1. The van der Waals surface area contributed by atoms with E-state index >= 15 is 0 Å². The maximum Gasteiger partial charge on any atom is 0.234 e. The Morgan fingerprint density at radius 3 is 2.55 bits per heavy atom. The number of benzene rings is 2. The molecule has 0 unspecified atom stereocenters. The summed E-state index contributed by atoms with van der Waals surface area (Å²) < 4.78 is 7.51. The van der Waals surface area contributed by atoms with Gasteiger partial charge in [0.15, 0.2) is 11.5 Å².